The predicted octanol–water partition coefficient (Wildman–Crippen LogP) is 3.92. The lowest BCUT2D eigenvalue weighted by atomic mass is 10.2. The van der Waals surface area contributed by atoms with Gasteiger partial charge in [-0.1, -0.05) is 39.7 Å². The molecule has 102 valence electrons. The van der Waals surface area contributed by atoms with Crippen LogP contribution < -0.4 is 5.32 Å². The highest BCUT2D eigenvalue weighted by atomic mass is 79.9. The zero-order valence-corrected chi connectivity index (χ0v) is 13.4. The number of hydrogen-bond donors (Lipinski definition) is 1. The normalized spacial score (nSPS) is 10.9. The van der Waals surface area contributed by atoms with Gasteiger partial charge in [-0.25, -0.2) is 0 Å². The van der Waals surface area contributed by atoms with Gasteiger partial charge in [0.1, 0.15) is 0 Å². The largest absolute Gasteiger partial charge is 0.307 e. The summed E-state index contributed by atoms with van der Waals surface area (Å²) in [6.07, 6.45) is 0. The van der Waals surface area contributed by atoms with Crippen LogP contribution >= 0.6 is 27.5 Å². The number of aryl methyl sites for hydroxylation is 2. The summed E-state index contributed by atoms with van der Waals surface area (Å²) in [6.45, 7) is 6.39. The Labute approximate surface area is 127 Å². The Hall–Kier alpha value is -0.840. The standard InChI is InChI=1S/C14H17BrClN3/c1-3-19-13(14(16)10(2)18-19)9-17-8-11-4-6-12(15)7-5-11/h4-7,17H,3,8-9H2,1-2H3. The Bertz CT molecular complexity index is 549. The fourth-order valence-electron chi connectivity index (χ4n) is 1.97. The number of nitrogens with zero attached hydrogens (tertiary/aromatic N) is 2. The number of rotatable bonds is 5. The van der Waals surface area contributed by atoms with Crippen molar-refractivity contribution in [3.05, 3.63) is 50.7 Å². The van der Waals surface area contributed by atoms with Crippen molar-refractivity contribution >= 4 is 27.5 Å². The zero-order chi connectivity index (χ0) is 13.8. The molecule has 0 saturated heterocycles. The first kappa shape index (κ1) is 14.6. The SMILES string of the molecule is CCn1nc(C)c(Cl)c1CNCc1ccc(Br)cc1. The monoisotopic (exact) mass is 341 g/mol. The van der Waals surface area contributed by atoms with Gasteiger partial charge in [-0.3, -0.25) is 4.68 Å². The van der Waals surface area contributed by atoms with Crippen LogP contribution in [0.25, 0.3) is 0 Å². The summed E-state index contributed by atoms with van der Waals surface area (Å²) in [5, 5.41) is 8.58. The van der Waals surface area contributed by atoms with Crippen molar-refractivity contribution in [3.8, 4) is 0 Å². The van der Waals surface area contributed by atoms with Crippen LogP contribution in [0.4, 0.5) is 0 Å². The van der Waals surface area contributed by atoms with Crippen LogP contribution in [0.3, 0.4) is 0 Å². The molecule has 0 unspecified atom stereocenters. The summed E-state index contributed by atoms with van der Waals surface area (Å²) in [6, 6.07) is 8.29. The predicted molar refractivity (Wildman–Crippen MR) is 82.3 cm³/mol. The van der Waals surface area contributed by atoms with E-state index in [1.165, 1.54) is 5.56 Å². The van der Waals surface area contributed by atoms with Crippen molar-refractivity contribution in [1.29, 1.82) is 0 Å². The zero-order valence-electron chi connectivity index (χ0n) is 11.1. The van der Waals surface area contributed by atoms with E-state index >= 15 is 0 Å². The van der Waals surface area contributed by atoms with Gasteiger partial charge in [-0.15, -0.1) is 0 Å². The van der Waals surface area contributed by atoms with E-state index in [4.69, 9.17) is 11.6 Å². The molecule has 0 saturated carbocycles. The molecular formula is C14H17BrClN3. The van der Waals surface area contributed by atoms with E-state index in [-0.39, 0.29) is 0 Å². The Morgan fingerprint density at radius 2 is 1.95 bits per heavy atom. The molecule has 19 heavy (non-hydrogen) atoms. The summed E-state index contributed by atoms with van der Waals surface area (Å²) >= 11 is 9.70. The molecule has 0 bridgehead atoms. The summed E-state index contributed by atoms with van der Waals surface area (Å²) in [4.78, 5) is 0. The maximum absolute atomic E-state index is 6.27. The average Bonchev–Trinajstić information content (AvgIpc) is 2.68. The summed E-state index contributed by atoms with van der Waals surface area (Å²) in [5.74, 6) is 0. The second kappa shape index (κ2) is 6.55. The highest BCUT2D eigenvalue weighted by Crippen LogP contribution is 2.20. The first-order chi connectivity index (χ1) is 9.11. The molecule has 1 aromatic heterocycles. The van der Waals surface area contributed by atoms with E-state index in [2.05, 4.69) is 45.4 Å². The smallest absolute Gasteiger partial charge is 0.0860 e. The third-order valence-corrected chi connectivity index (χ3v) is 4.01. The number of aromatic nitrogens is 2. The molecule has 0 amide bonds. The molecule has 5 heteroatoms. The van der Waals surface area contributed by atoms with Gasteiger partial charge in [0, 0.05) is 24.1 Å². The second-order valence-electron chi connectivity index (χ2n) is 4.39. The van der Waals surface area contributed by atoms with Crippen molar-refractivity contribution in [2.75, 3.05) is 0 Å². The Kier molecular flexibility index (Phi) is 5.02. The van der Waals surface area contributed by atoms with Crippen LogP contribution in [0.1, 0.15) is 23.9 Å². The summed E-state index contributed by atoms with van der Waals surface area (Å²) in [7, 11) is 0. The van der Waals surface area contributed by atoms with E-state index in [0.717, 1.165) is 40.5 Å². The van der Waals surface area contributed by atoms with Crippen molar-refractivity contribution in [3.63, 3.8) is 0 Å². The van der Waals surface area contributed by atoms with Crippen molar-refractivity contribution in [2.45, 2.75) is 33.5 Å². The third-order valence-electron chi connectivity index (χ3n) is 2.99. The fraction of sp³-hybridized carbons (Fsp3) is 0.357. The van der Waals surface area contributed by atoms with Crippen LogP contribution in [0.15, 0.2) is 28.7 Å². The average molecular weight is 343 g/mol. The molecular weight excluding hydrogens is 326 g/mol. The molecule has 2 aromatic rings. The minimum Gasteiger partial charge on any atom is -0.307 e. The quantitative estimate of drug-likeness (QED) is 0.892. The lowest BCUT2D eigenvalue weighted by Gasteiger charge is -2.07. The third kappa shape index (κ3) is 3.59. The summed E-state index contributed by atoms with van der Waals surface area (Å²) < 4.78 is 3.05. The highest BCUT2D eigenvalue weighted by Gasteiger charge is 2.11. The van der Waals surface area contributed by atoms with Crippen LogP contribution in [0, 0.1) is 6.92 Å². The van der Waals surface area contributed by atoms with Crippen molar-refractivity contribution in [2.24, 2.45) is 0 Å². The lowest BCUT2D eigenvalue weighted by Crippen LogP contribution is -2.16. The molecule has 0 aliphatic heterocycles. The van der Waals surface area contributed by atoms with Gasteiger partial charge in [-0.2, -0.15) is 5.10 Å². The summed E-state index contributed by atoms with van der Waals surface area (Å²) in [5.41, 5.74) is 3.20. The molecule has 0 atom stereocenters. The Morgan fingerprint density at radius 1 is 1.26 bits per heavy atom. The van der Waals surface area contributed by atoms with Gasteiger partial charge >= 0.3 is 0 Å². The molecule has 0 aliphatic carbocycles. The van der Waals surface area contributed by atoms with Gasteiger partial charge in [-0.05, 0) is 31.5 Å². The van der Waals surface area contributed by atoms with E-state index in [1.54, 1.807) is 0 Å². The van der Waals surface area contributed by atoms with Gasteiger partial charge in [0.05, 0.1) is 16.4 Å². The second-order valence-corrected chi connectivity index (χ2v) is 5.69. The van der Waals surface area contributed by atoms with Gasteiger partial charge in [0.25, 0.3) is 0 Å². The van der Waals surface area contributed by atoms with E-state index in [9.17, 15) is 0 Å². The highest BCUT2D eigenvalue weighted by molar-refractivity contribution is 9.10. The molecule has 0 fully saturated rings. The first-order valence-corrected chi connectivity index (χ1v) is 7.46. The number of halogens is 2. The molecule has 0 radical (unpaired) electrons. The minimum atomic E-state index is 0.726. The van der Waals surface area contributed by atoms with Crippen LogP contribution in [0.5, 0.6) is 0 Å². The van der Waals surface area contributed by atoms with Crippen LogP contribution in [0.2, 0.25) is 5.02 Å². The maximum atomic E-state index is 6.27. The van der Waals surface area contributed by atoms with Crippen LogP contribution in [-0.2, 0) is 19.6 Å². The van der Waals surface area contributed by atoms with Crippen molar-refractivity contribution in [1.82, 2.24) is 15.1 Å². The molecule has 1 aromatic carbocycles. The molecule has 2 rings (SSSR count). The molecule has 1 heterocycles. The first-order valence-electron chi connectivity index (χ1n) is 6.28. The fourth-order valence-corrected chi connectivity index (χ4v) is 2.43. The number of nitrogens with one attached hydrogen (secondary N) is 1. The molecule has 0 spiro atoms. The van der Waals surface area contributed by atoms with Gasteiger partial charge < -0.3 is 5.32 Å². The Balaban J connectivity index is 1.97. The minimum absolute atomic E-state index is 0.726. The van der Waals surface area contributed by atoms with Gasteiger partial charge in [0.2, 0.25) is 0 Å². The number of benzene rings is 1. The topological polar surface area (TPSA) is 29.9 Å². The van der Waals surface area contributed by atoms with Crippen molar-refractivity contribution < 1.29 is 0 Å². The lowest BCUT2D eigenvalue weighted by molar-refractivity contribution is 0.579. The molecule has 1 N–H and O–H groups in total. The maximum Gasteiger partial charge on any atom is 0.0860 e. The Morgan fingerprint density at radius 3 is 2.58 bits per heavy atom. The molecule has 3 nitrogen and oxygen atoms in total. The van der Waals surface area contributed by atoms with E-state index in [0.29, 0.717) is 0 Å². The number of hydrogen-bond acceptors (Lipinski definition) is 2. The van der Waals surface area contributed by atoms with E-state index in [1.807, 2.05) is 23.7 Å². The van der Waals surface area contributed by atoms with Gasteiger partial charge in [0.15, 0.2) is 0 Å². The van der Waals surface area contributed by atoms with E-state index < -0.39 is 0 Å². The molecule has 0 aliphatic rings. The van der Waals surface area contributed by atoms with Crippen LogP contribution in [-0.4, -0.2) is 9.78 Å².